The highest BCUT2D eigenvalue weighted by atomic mass is 16.5. The van der Waals surface area contributed by atoms with E-state index < -0.39 is 5.97 Å². The molecule has 2 aliphatic carbocycles. The third-order valence-corrected chi connectivity index (χ3v) is 6.42. The van der Waals surface area contributed by atoms with Gasteiger partial charge in [-0.25, -0.2) is 4.79 Å². The van der Waals surface area contributed by atoms with Crippen LogP contribution in [0.25, 0.3) is 0 Å². The number of carboxylic acids is 1. The summed E-state index contributed by atoms with van der Waals surface area (Å²) in [5.41, 5.74) is 1.91. The van der Waals surface area contributed by atoms with Crippen LogP contribution in [0, 0.1) is 12.8 Å². The van der Waals surface area contributed by atoms with Crippen LogP contribution in [0.3, 0.4) is 0 Å². The minimum Gasteiger partial charge on any atom is -0.478 e. The molecule has 5 heteroatoms. The largest absolute Gasteiger partial charge is 0.478 e. The summed E-state index contributed by atoms with van der Waals surface area (Å²) in [4.78, 5) is 11.5. The second kappa shape index (κ2) is 11.7. The van der Waals surface area contributed by atoms with E-state index in [-0.39, 0.29) is 12.2 Å². The van der Waals surface area contributed by atoms with Crippen molar-refractivity contribution in [3.63, 3.8) is 0 Å². The van der Waals surface area contributed by atoms with Gasteiger partial charge in [0.25, 0.3) is 0 Å². The van der Waals surface area contributed by atoms with Crippen molar-refractivity contribution in [3.05, 3.63) is 34.9 Å². The second-order valence-corrected chi connectivity index (χ2v) is 8.71. The Balaban J connectivity index is 1.35. The van der Waals surface area contributed by atoms with Crippen molar-refractivity contribution >= 4 is 5.97 Å². The Morgan fingerprint density at radius 2 is 1.83 bits per heavy atom. The summed E-state index contributed by atoms with van der Waals surface area (Å²) in [5, 5.41) is 13.0. The number of ether oxygens (including phenoxy) is 2. The van der Waals surface area contributed by atoms with Gasteiger partial charge in [0.1, 0.15) is 0 Å². The maximum absolute atomic E-state index is 11.5. The minimum atomic E-state index is -0.882. The summed E-state index contributed by atoms with van der Waals surface area (Å²) < 4.78 is 12.2. The number of nitrogens with one attached hydrogen (secondary N) is 1. The smallest absolute Gasteiger partial charge is 0.336 e. The zero-order chi connectivity index (χ0) is 20.5. The average molecular weight is 404 g/mol. The van der Waals surface area contributed by atoms with E-state index in [0.29, 0.717) is 12.2 Å². The van der Waals surface area contributed by atoms with Crippen molar-refractivity contribution in [2.75, 3.05) is 19.7 Å². The first-order chi connectivity index (χ1) is 14.1. The van der Waals surface area contributed by atoms with Crippen LogP contribution in [0.2, 0.25) is 0 Å². The Morgan fingerprint density at radius 1 is 1.07 bits per heavy atom. The minimum absolute atomic E-state index is 0.145. The van der Waals surface area contributed by atoms with E-state index in [1.807, 2.05) is 25.1 Å². The predicted molar refractivity (Wildman–Crippen MR) is 114 cm³/mol. The van der Waals surface area contributed by atoms with E-state index in [1.54, 1.807) is 0 Å². The molecule has 0 bridgehead atoms. The van der Waals surface area contributed by atoms with Crippen LogP contribution < -0.4 is 5.32 Å². The second-order valence-electron chi connectivity index (χ2n) is 8.71. The number of carbonyl (C=O) groups is 1. The molecule has 29 heavy (non-hydrogen) atoms. The van der Waals surface area contributed by atoms with Gasteiger partial charge in [0, 0.05) is 6.54 Å². The lowest BCUT2D eigenvalue weighted by Crippen LogP contribution is -2.32. The topological polar surface area (TPSA) is 67.8 Å². The molecule has 0 radical (unpaired) electrons. The lowest BCUT2D eigenvalue weighted by atomic mass is 9.89. The highest BCUT2D eigenvalue weighted by Crippen LogP contribution is 2.26. The Kier molecular flexibility index (Phi) is 8.96. The molecule has 2 saturated carbocycles. The molecule has 2 aliphatic rings. The number of aryl methyl sites for hydroxylation is 1. The van der Waals surface area contributed by atoms with E-state index in [1.165, 1.54) is 32.1 Å². The highest BCUT2D eigenvalue weighted by molar-refractivity contribution is 5.91. The number of benzene rings is 1. The monoisotopic (exact) mass is 403 g/mol. The van der Waals surface area contributed by atoms with Crippen molar-refractivity contribution in [2.24, 2.45) is 5.92 Å². The molecular weight excluding hydrogens is 366 g/mol. The summed E-state index contributed by atoms with van der Waals surface area (Å²) in [6.45, 7) is 4.99. The van der Waals surface area contributed by atoms with Crippen LogP contribution in [0.15, 0.2) is 18.2 Å². The van der Waals surface area contributed by atoms with Crippen LogP contribution in [0.4, 0.5) is 0 Å². The molecule has 3 rings (SSSR count). The van der Waals surface area contributed by atoms with E-state index in [9.17, 15) is 9.90 Å². The lowest BCUT2D eigenvalue weighted by molar-refractivity contribution is -0.0496. The fourth-order valence-electron chi connectivity index (χ4n) is 4.76. The van der Waals surface area contributed by atoms with Crippen molar-refractivity contribution in [2.45, 2.75) is 83.5 Å². The first-order valence-electron chi connectivity index (χ1n) is 11.4. The normalized spacial score (nSPS) is 23.2. The fraction of sp³-hybridized carbons (Fsp3) is 0.708. The Morgan fingerprint density at radius 3 is 2.59 bits per heavy atom. The van der Waals surface area contributed by atoms with Crippen LogP contribution in [0.1, 0.15) is 79.3 Å². The van der Waals surface area contributed by atoms with E-state index in [2.05, 4.69) is 5.32 Å². The van der Waals surface area contributed by atoms with Crippen molar-refractivity contribution in [1.29, 1.82) is 0 Å². The van der Waals surface area contributed by atoms with Gasteiger partial charge in [-0.05, 0) is 69.0 Å². The van der Waals surface area contributed by atoms with Crippen LogP contribution in [0.5, 0.6) is 0 Å². The zero-order valence-electron chi connectivity index (χ0n) is 17.8. The molecule has 162 valence electrons. The van der Waals surface area contributed by atoms with Gasteiger partial charge in [0.15, 0.2) is 0 Å². The molecule has 0 spiro atoms. The number of hydrogen-bond acceptors (Lipinski definition) is 4. The quantitative estimate of drug-likeness (QED) is 0.554. The molecule has 5 nitrogen and oxygen atoms in total. The first-order valence-corrected chi connectivity index (χ1v) is 11.4. The number of rotatable bonds is 10. The van der Waals surface area contributed by atoms with E-state index in [4.69, 9.17) is 9.47 Å². The third kappa shape index (κ3) is 7.09. The van der Waals surface area contributed by atoms with Gasteiger partial charge in [-0.2, -0.15) is 0 Å². The molecule has 0 aliphatic heterocycles. The molecule has 2 N–H and O–H groups in total. The first kappa shape index (κ1) is 22.3. The molecule has 0 aromatic heterocycles. The average Bonchev–Trinajstić information content (AvgIpc) is 2.73. The number of hydrogen-bond donors (Lipinski definition) is 2. The summed E-state index contributed by atoms with van der Waals surface area (Å²) in [6.07, 6.45) is 11.5. The maximum Gasteiger partial charge on any atom is 0.336 e. The Bertz CT molecular complexity index is 642. The number of carboxylic acid groups (broad SMARTS) is 1. The Hall–Kier alpha value is -1.43. The van der Waals surface area contributed by atoms with Gasteiger partial charge < -0.3 is 19.9 Å². The standard InChI is InChI=1S/C24H37NO4/c1-18-7-5-10-20(23(18)24(26)27)17-29-22-12-6-11-21(15-22)28-14-13-25-16-19-8-3-2-4-9-19/h5,7,10,19,21-22,25H,2-4,6,8-9,11-17H2,1H3,(H,26,27)/t21-,22?/m0/s1. The molecule has 0 amide bonds. The van der Waals surface area contributed by atoms with Gasteiger partial charge in [0.2, 0.25) is 0 Å². The van der Waals surface area contributed by atoms with Crippen LogP contribution in [-0.4, -0.2) is 43.0 Å². The van der Waals surface area contributed by atoms with Gasteiger partial charge >= 0.3 is 5.97 Å². The van der Waals surface area contributed by atoms with Crippen LogP contribution in [-0.2, 0) is 16.1 Å². The van der Waals surface area contributed by atoms with Gasteiger partial charge in [0.05, 0.1) is 31.0 Å². The Labute approximate surface area is 175 Å². The fourth-order valence-corrected chi connectivity index (χ4v) is 4.76. The van der Waals surface area contributed by atoms with Crippen molar-refractivity contribution < 1.29 is 19.4 Å². The molecule has 1 unspecified atom stereocenters. The van der Waals surface area contributed by atoms with E-state index >= 15 is 0 Å². The van der Waals surface area contributed by atoms with Gasteiger partial charge in [-0.15, -0.1) is 0 Å². The van der Waals surface area contributed by atoms with Crippen LogP contribution >= 0.6 is 0 Å². The molecule has 1 aromatic rings. The summed E-state index contributed by atoms with van der Waals surface area (Å²) in [6, 6.07) is 5.58. The van der Waals surface area contributed by atoms with Crippen molar-refractivity contribution in [3.8, 4) is 0 Å². The SMILES string of the molecule is Cc1cccc(COC2CCC[C@H](OCCNCC3CCCCC3)C2)c1C(=O)O. The predicted octanol–water partition coefficient (Wildman–Crippen LogP) is 4.71. The van der Waals surface area contributed by atoms with E-state index in [0.717, 1.165) is 62.4 Å². The molecule has 0 heterocycles. The zero-order valence-corrected chi connectivity index (χ0v) is 17.8. The summed E-state index contributed by atoms with van der Waals surface area (Å²) in [7, 11) is 0. The lowest BCUT2D eigenvalue weighted by Gasteiger charge is -2.29. The molecule has 2 atom stereocenters. The molecular formula is C24H37NO4. The highest BCUT2D eigenvalue weighted by Gasteiger charge is 2.24. The van der Waals surface area contributed by atoms with Gasteiger partial charge in [-0.3, -0.25) is 0 Å². The summed E-state index contributed by atoms with van der Waals surface area (Å²) >= 11 is 0. The molecule has 0 saturated heterocycles. The van der Waals surface area contributed by atoms with Crippen molar-refractivity contribution in [1.82, 2.24) is 5.32 Å². The molecule has 2 fully saturated rings. The third-order valence-electron chi connectivity index (χ3n) is 6.42. The summed E-state index contributed by atoms with van der Waals surface area (Å²) in [5.74, 6) is -0.0270. The molecule has 1 aromatic carbocycles. The number of aromatic carboxylic acids is 1. The maximum atomic E-state index is 11.5. The van der Waals surface area contributed by atoms with Gasteiger partial charge in [-0.1, -0.05) is 37.5 Å².